The molecule has 1 aliphatic rings. The standard InChI is InChI=1S/C24H29ClN2O4/c1-15(2)12-26-23(28)19-14-27(24(29)17-8-5-6-10-20(17)25)13-18(19)16-9-7-11-21(30-3)22(16)31-4/h5-11,15,18-19H,12-14H2,1-4H3,(H,26,28). The minimum atomic E-state index is -0.411. The number of hydrogen-bond donors (Lipinski definition) is 1. The number of carbonyl (C=O) groups is 2. The minimum Gasteiger partial charge on any atom is -0.493 e. The van der Waals surface area contributed by atoms with Gasteiger partial charge in [0.25, 0.3) is 5.91 Å². The molecule has 6 nitrogen and oxygen atoms in total. The van der Waals surface area contributed by atoms with E-state index < -0.39 is 5.92 Å². The molecule has 31 heavy (non-hydrogen) atoms. The average Bonchev–Trinajstić information content (AvgIpc) is 3.22. The highest BCUT2D eigenvalue weighted by Gasteiger charge is 2.42. The Balaban J connectivity index is 1.96. The van der Waals surface area contributed by atoms with Crippen molar-refractivity contribution in [2.45, 2.75) is 19.8 Å². The van der Waals surface area contributed by atoms with Gasteiger partial charge in [-0.3, -0.25) is 9.59 Å². The lowest BCUT2D eigenvalue weighted by molar-refractivity contribution is -0.125. The highest BCUT2D eigenvalue weighted by molar-refractivity contribution is 6.33. The van der Waals surface area contributed by atoms with Gasteiger partial charge in [-0.2, -0.15) is 0 Å². The van der Waals surface area contributed by atoms with Crippen LogP contribution in [0.3, 0.4) is 0 Å². The van der Waals surface area contributed by atoms with Crippen molar-refractivity contribution >= 4 is 23.4 Å². The molecule has 1 aliphatic heterocycles. The number of carbonyl (C=O) groups excluding carboxylic acids is 2. The fraction of sp³-hybridized carbons (Fsp3) is 0.417. The third kappa shape index (κ3) is 4.96. The lowest BCUT2D eigenvalue weighted by atomic mass is 9.87. The van der Waals surface area contributed by atoms with Crippen molar-refractivity contribution in [3.05, 3.63) is 58.6 Å². The monoisotopic (exact) mass is 444 g/mol. The summed E-state index contributed by atoms with van der Waals surface area (Å²) in [5, 5.41) is 3.42. The first-order chi connectivity index (χ1) is 14.9. The third-order valence-electron chi connectivity index (χ3n) is 5.57. The van der Waals surface area contributed by atoms with Crippen LogP contribution < -0.4 is 14.8 Å². The quantitative estimate of drug-likeness (QED) is 0.701. The van der Waals surface area contributed by atoms with Crippen molar-refractivity contribution in [2.24, 2.45) is 11.8 Å². The highest BCUT2D eigenvalue weighted by atomic mass is 35.5. The summed E-state index contributed by atoms with van der Waals surface area (Å²) < 4.78 is 11.1. The molecule has 0 aliphatic carbocycles. The molecule has 3 rings (SSSR count). The topological polar surface area (TPSA) is 67.9 Å². The van der Waals surface area contributed by atoms with Crippen molar-refractivity contribution < 1.29 is 19.1 Å². The van der Waals surface area contributed by atoms with Gasteiger partial charge >= 0.3 is 0 Å². The largest absolute Gasteiger partial charge is 0.493 e. The molecular weight excluding hydrogens is 416 g/mol. The van der Waals surface area contributed by atoms with Crippen molar-refractivity contribution in [2.75, 3.05) is 33.9 Å². The number of ether oxygens (including phenoxy) is 2. The van der Waals surface area contributed by atoms with Gasteiger partial charge in [-0.05, 0) is 24.1 Å². The van der Waals surface area contributed by atoms with E-state index in [1.54, 1.807) is 43.4 Å². The van der Waals surface area contributed by atoms with Crippen LogP contribution >= 0.6 is 11.6 Å². The SMILES string of the molecule is COc1cccc(C2CN(C(=O)c3ccccc3Cl)CC2C(=O)NCC(C)C)c1OC. The molecule has 2 aromatic rings. The zero-order valence-corrected chi connectivity index (χ0v) is 19.1. The second-order valence-electron chi connectivity index (χ2n) is 8.12. The van der Waals surface area contributed by atoms with E-state index in [0.717, 1.165) is 5.56 Å². The summed E-state index contributed by atoms with van der Waals surface area (Å²) in [5.41, 5.74) is 1.28. The predicted octanol–water partition coefficient (Wildman–Crippen LogP) is 3.99. The molecule has 1 N–H and O–H groups in total. The molecule has 1 heterocycles. The predicted molar refractivity (Wildman–Crippen MR) is 121 cm³/mol. The molecule has 2 unspecified atom stereocenters. The molecular formula is C24H29ClN2O4. The Morgan fingerprint density at radius 3 is 2.48 bits per heavy atom. The molecule has 2 atom stereocenters. The summed E-state index contributed by atoms with van der Waals surface area (Å²) in [6.45, 7) is 5.36. The molecule has 7 heteroatoms. The summed E-state index contributed by atoms with van der Waals surface area (Å²) in [4.78, 5) is 28.0. The first kappa shape index (κ1) is 22.9. The minimum absolute atomic E-state index is 0.0713. The second kappa shape index (κ2) is 10.1. The Morgan fingerprint density at radius 2 is 1.84 bits per heavy atom. The van der Waals surface area contributed by atoms with E-state index in [2.05, 4.69) is 5.32 Å². The first-order valence-electron chi connectivity index (χ1n) is 10.4. The number of amides is 2. The van der Waals surface area contributed by atoms with Crippen LogP contribution in [0.4, 0.5) is 0 Å². The molecule has 2 amide bonds. The molecule has 0 radical (unpaired) electrons. The molecule has 166 valence electrons. The van der Waals surface area contributed by atoms with E-state index in [1.807, 2.05) is 32.0 Å². The maximum atomic E-state index is 13.2. The fourth-order valence-corrected chi connectivity index (χ4v) is 4.21. The van der Waals surface area contributed by atoms with Gasteiger partial charge in [0, 0.05) is 31.1 Å². The van der Waals surface area contributed by atoms with E-state index in [0.29, 0.717) is 47.6 Å². The van der Waals surface area contributed by atoms with E-state index in [4.69, 9.17) is 21.1 Å². The number of nitrogens with one attached hydrogen (secondary N) is 1. The summed E-state index contributed by atoms with van der Waals surface area (Å²) in [6, 6.07) is 12.6. The second-order valence-corrected chi connectivity index (χ2v) is 8.53. The number of hydrogen-bond acceptors (Lipinski definition) is 4. The number of nitrogens with zero attached hydrogens (tertiary/aromatic N) is 1. The van der Waals surface area contributed by atoms with Crippen LogP contribution in [0.2, 0.25) is 5.02 Å². The summed E-state index contributed by atoms with van der Waals surface area (Å²) in [5.74, 6) is 0.612. The zero-order chi connectivity index (χ0) is 22.5. The van der Waals surface area contributed by atoms with Crippen LogP contribution in [0.25, 0.3) is 0 Å². The van der Waals surface area contributed by atoms with Crippen LogP contribution in [-0.4, -0.2) is 50.6 Å². The number of benzene rings is 2. The van der Waals surface area contributed by atoms with E-state index >= 15 is 0 Å². The van der Waals surface area contributed by atoms with E-state index in [9.17, 15) is 9.59 Å². The average molecular weight is 445 g/mol. The van der Waals surface area contributed by atoms with Crippen LogP contribution in [0.1, 0.15) is 35.7 Å². The Labute approximate surface area is 188 Å². The normalized spacial score (nSPS) is 18.2. The van der Waals surface area contributed by atoms with Crippen molar-refractivity contribution in [3.63, 3.8) is 0 Å². The van der Waals surface area contributed by atoms with Crippen LogP contribution in [0.15, 0.2) is 42.5 Å². The summed E-state index contributed by atoms with van der Waals surface area (Å²) >= 11 is 6.26. The highest BCUT2D eigenvalue weighted by Crippen LogP contribution is 2.42. The maximum absolute atomic E-state index is 13.2. The van der Waals surface area contributed by atoms with Crippen molar-refractivity contribution in [3.8, 4) is 11.5 Å². The lowest BCUT2D eigenvalue weighted by Crippen LogP contribution is -2.37. The van der Waals surface area contributed by atoms with Crippen molar-refractivity contribution in [1.29, 1.82) is 0 Å². The Kier molecular flexibility index (Phi) is 7.44. The smallest absolute Gasteiger partial charge is 0.255 e. The van der Waals surface area contributed by atoms with Crippen LogP contribution in [0.5, 0.6) is 11.5 Å². The third-order valence-corrected chi connectivity index (χ3v) is 5.90. The first-order valence-corrected chi connectivity index (χ1v) is 10.8. The van der Waals surface area contributed by atoms with Gasteiger partial charge in [-0.15, -0.1) is 0 Å². The van der Waals surface area contributed by atoms with Gasteiger partial charge in [0.15, 0.2) is 11.5 Å². The number of halogens is 1. The number of likely N-dealkylation sites (tertiary alicyclic amines) is 1. The number of rotatable bonds is 7. The zero-order valence-electron chi connectivity index (χ0n) is 18.4. The summed E-state index contributed by atoms with van der Waals surface area (Å²) in [6.07, 6.45) is 0. The maximum Gasteiger partial charge on any atom is 0.255 e. The fourth-order valence-electron chi connectivity index (χ4n) is 4.00. The Hall–Kier alpha value is -2.73. The Bertz CT molecular complexity index is 947. The molecule has 2 aromatic carbocycles. The molecule has 0 bridgehead atoms. The molecule has 0 aromatic heterocycles. The summed E-state index contributed by atoms with van der Waals surface area (Å²) in [7, 11) is 3.16. The number of para-hydroxylation sites is 1. The van der Waals surface area contributed by atoms with Crippen molar-refractivity contribution in [1.82, 2.24) is 10.2 Å². The van der Waals surface area contributed by atoms with Gasteiger partial charge in [0.2, 0.25) is 5.91 Å². The van der Waals surface area contributed by atoms with Gasteiger partial charge in [0.1, 0.15) is 0 Å². The molecule has 1 saturated heterocycles. The Morgan fingerprint density at radius 1 is 1.10 bits per heavy atom. The van der Waals surface area contributed by atoms with Gasteiger partial charge in [-0.25, -0.2) is 0 Å². The van der Waals surface area contributed by atoms with E-state index in [1.165, 1.54) is 0 Å². The van der Waals surface area contributed by atoms with Gasteiger partial charge in [-0.1, -0.05) is 49.7 Å². The van der Waals surface area contributed by atoms with Crippen LogP contribution in [0, 0.1) is 11.8 Å². The van der Waals surface area contributed by atoms with Gasteiger partial charge < -0.3 is 19.7 Å². The number of methoxy groups -OCH3 is 2. The molecule has 0 saturated carbocycles. The van der Waals surface area contributed by atoms with Crippen LogP contribution in [-0.2, 0) is 4.79 Å². The van der Waals surface area contributed by atoms with Gasteiger partial charge in [0.05, 0.1) is 30.7 Å². The van der Waals surface area contributed by atoms with E-state index in [-0.39, 0.29) is 17.7 Å². The lowest BCUT2D eigenvalue weighted by Gasteiger charge is -2.22. The molecule has 0 spiro atoms. The molecule has 1 fully saturated rings.